The molecule has 100 valence electrons. The molecule has 0 atom stereocenters. The summed E-state index contributed by atoms with van der Waals surface area (Å²) in [6.45, 7) is -0.0663. The van der Waals surface area contributed by atoms with Gasteiger partial charge in [0.15, 0.2) is 0 Å². The number of carbonyl (C=O) groups is 1. The first kappa shape index (κ1) is 14.3. The van der Waals surface area contributed by atoms with Crippen molar-refractivity contribution < 1.29 is 17.9 Å². The maximum Gasteiger partial charge on any atom is 0.242 e. The number of carbonyl (C=O) groups excluding carboxylic acids is 1. The van der Waals surface area contributed by atoms with E-state index >= 15 is 0 Å². The van der Waals surface area contributed by atoms with Gasteiger partial charge in [-0.15, -0.1) is 0 Å². The Bertz CT molecular complexity index is 542. The normalized spacial score (nSPS) is 11.2. The van der Waals surface area contributed by atoms with Gasteiger partial charge in [-0.2, -0.15) is 0 Å². The van der Waals surface area contributed by atoms with Crippen molar-refractivity contribution in [1.82, 2.24) is 4.72 Å². The van der Waals surface area contributed by atoms with Gasteiger partial charge in [0.2, 0.25) is 15.9 Å². The van der Waals surface area contributed by atoms with Crippen molar-refractivity contribution in [3.8, 4) is 5.75 Å². The first-order valence-corrected chi connectivity index (χ1v) is 6.56. The number of ether oxygens (including phenoxy) is 1. The third kappa shape index (κ3) is 3.60. The molecular weight excluding hydrogens is 258 g/mol. The second-order valence-electron chi connectivity index (χ2n) is 3.52. The average Bonchev–Trinajstić information content (AvgIpc) is 2.27. The number of sulfonamides is 1. The van der Waals surface area contributed by atoms with Crippen molar-refractivity contribution in [1.29, 1.82) is 0 Å². The molecule has 0 radical (unpaired) electrons. The number of benzene rings is 1. The highest BCUT2D eigenvalue weighted by Gasteiger charge is 2.17. The van der Waals surface area contributed by atoms with Crippen LogP contribution in [0.3, 0.4) is 0 Å². The number of nitrogens with two attached hydrogens (primary N) is 2. The molecule has 0 aliphatic rings. The van der Waals surface area contributed by atoms with E-state index in [0.29, 0.717) is 5.75 Å². The number of nitrogens with one attached hydrogen (secondary N) is 1. The van der Waals surface area contributed by atoms with Crippen LogP contribution in [0.1, 0.15) is 6.42 Å². The predicted octanol–water partition coefficient (Wildman–Crippen LogP) is -0.569. The third-order valence-corrected chi connectivity index (χ3v) is 3.70. The summed E-state index contributed by atoms with van der Waals surface area (Å²) in [5, 5.41) is 0. The van der Waals surface area contributed by atoms with Crippen molar-refractivity contribution in [3.63, 3.8) is 0 Å². The lowest BCUT2D eigenvalue weighted by Gasteiger charge is -2.09. The van der Waals surface area contributed by atoms with E-state index in [1.807, 2.05) is 0 Å². The van der Waals surface area contributed by atoms with E-state index < -0.39 is 15.9 Å². The number of nitrogen functional groups attached to an aromatic ring is 1. The van der Waals surface area contributed by atoms with Crippen molar-refractivity contribution in [3.05, 3.63) is 18.2 Å². The fourth-order valence-electron chi connectivity index (χ4n) is 1.28. The molecule has 0 saturated carbocycles. The summed E-state index contributed by atoms with van der Waals surface area (Å²) in [5.41, 5.74) is 10.6. The molecule has 0 spiro atoms. The zero-order chi connectivity index (χ0) is 13.8. The summed E-state index contributed by atoms with van der Waals surface area (Å²) in [6.07, 6.45) is -0.0741. The molecule has 5 N–H and O–H groups in total. The molecule has 8 heteroatoms. The van der Waals surface area contributed by atoms with Crippen LogP contribution in [0.4, 0.5) is 5.69 Å². The van der Waals surface area contributed by atoms with E-state index in [2.05, 4.69) is 4.72 Å². The number of rotatable bonds is 6. The van der Waals surface area contributed by atoms with Gasteiger partial charge in [0.25, 0.3) is 0 Å². The van der Waals surface area contributed by atoms with Crippen LogP contribution in [0.5, 0.6) is 5.75 Å². The molecule has 0 bridgehead atoms. The van der Waals surface area contributed by atoms with E-state index in [0.717, 1.165) is 0 Å². The maximum absolute atomic E-state index is 11.9. The molecule has 7 nitrogen and oxygen atoms in total. The van der Waals surface area contributed by atoms with Crippen LogP contribution in [0.15, 0.2) is 23.1 Å². The first-order valence-electron chi connectivity index (χ1n) is 5.08. The summed E-state index contributed by atoms with van der Waals surface area (Å²) >= 11 is 0. The number of anilines is 1. The van der Waals surface area contributed by atoms with Crippen molar-refractivity contribution >= 4 is 21.6 Å². The molecule has 0 aliphatic heterocycles. The Hall–Kier alpha value is -1.80. The van der Waals surface area contributed by atoms with E-state index in [9.17, 15) is 13.2 Å². The molecule has 0 heterocycles. The number of primary amides is 1. The Labute approximate surface area is 105 Å². The molecule has 0 aliphatic carbocycles. The topological polar surface area (TPSA) is 125 Å². The highest BCUT2D eigenvalue weighted by atomic mass is 32.2. The van der Waals surface area contributed by atoms with Crippen molar-refractivity contribution in [2.45, 2.75) is 11.3 Å². The Morgan fingerprint density at radius 1 is 1.44 bits per heavy atom. The number of hydrogen-bond acceptors (Lipinski definition) is 5. The standard InChI is InChI=1S/C10H15N3O4S/c1-17-7-2-3-9(8(11)6-7)18(15,16)13-5-4-10(12)14/h2-3,6,13H,4-5,11H2,1H3,(H2,12,14). The van der Waals surface area contributed by atoms with Crippen LogP contribution in [-0.4, -0.2) is 28.0 Å². The largest absolute Gasteiger partial charge is 0.497 e. The molecule has 0 unspecified atom stereocenters. The van der Waals surface area contributed by atoms with Gasteiger partial charge in [0, 0.05) is 19.0 Å². The van der Waals surface area contributed by atoms with E-state index in [-0.39, 0.29) is 23.5 Å². The van der Waals surface area contributed by atoms with Crippen molar-refractivity contribution in [2.75, 3.05) is 19.4 Å². The lowest BCUT2D eigenvalue weighted by Crippen LogP contribution is -2.28. The van der Waals surface area contributed by atoms with Gasteiger partial charge in [-0.05, 0) is 12.1 Å². The molecular formula is C10H15N3O4S. The third-order valence-electron chi connectivity index (χ3n) is 2.17. The smallest absolute Gasteiger partial charge is 0.242 e. The minimum absolute atomic E-state index is 0.0622. The van der Waals surface area contributed by atoms with Crippen LogP contribution in [0.2, 0.25) is 0 Å². The molecule has 1 aromatic rings. The minimum atomic E-state index is -3.75. The lowest BCUT2D eigenvalue weighted by molar-refractivity contribution is -0.117. The Morgan fingerprint density at radius 2 is 2.11 bits per heavy atom. The van der Waals surface area contributed by atoms with Gasteiger partial charge >= 0.3 is 0 Å². The minimum Gasteiger partial charge on any atom is -0.497 e. The molecule has 1 aromatic carbocycles. The summed E-state index contributed by atoms with van der Waals surface area (Å²) < 4.78 is 30.9. The molecule has 0 aromatic heterocycles. The SMILES string of the molecule is COc1ccc(S(=O)(=O)NCCC(N)=O)c(N)c1. The summed E-state index contributed by atoms with van der Waals surface area (Å²) in [4.78, 5) is 10.5. The maximum atomic E-state index is 11.9. The Kier molecular flexibility index (Phi) is 4.51. The first-order chi connectivity index (χ1) is 8.36. The van der Waals surface area contributed by atoms with E-state index in [1.54, 1.807) is 0 Å². The zero-order valence-corrected chi connectivity index (χ0v) is 10.7. The van der Waals surface area contributed by atoms with Crippen LogP contribution < -0.4 is 20.9 Å². The number of amides is 1. The molecule has 1 amide bonds. The van der Waals surface area contributed by atoms with Crippen LogP contribution in [0, 0.1) is 0 Å². The van der Waals surface area contributed by atoms with Gasteiger partial charge in [-0.25, -0.2) is 13.1 Å². The van der Waals surface area contributed by atoms with Gasteiger partial charge < -0.3 is 16.2 Å². The summed E-state index contributed by atoms with van der Waals surface area (Å²) in [5.74, 6) is -0.121. The number of methoxy groups -OCH3 is 1. The van der Waals surface area contributed by atoms with Gasteiger partial charge in [0.05, 0.1) is 12.8 Å². The lowest BCUT2D eigenvalue weighted by atomic mass is 10.3. The second kappa shape index (κ2) is 5.69. The quantitative estimate of drug-likeness (QED) is 0.599. The fourth-order valence-corrected chi connectivity index (χ4v) is 2.43. The second-order valence-corrected chi connectivity index (χ2v) is 5.25. The predicted molar refractivity (Wildman–Crippen MR) is 66.4 cm³/mol. The van der Waals surface area contributed by atoms with E-state index in [4.69, 9.17) is 16.2 Å². The summed E-state index contributed by atoms with van der Waals surface area (Å²) in [7, 11) is -2.30. The molecule has 1 rings (SSSR count). The Balaban J connectivity index is 2.88. The zero-order valence-electron chi connectivity index (χ0n) is 9.84. The highest BCUT2D eigenvalue weighted by Crippen LogP contribution is 2.23. The average molecular weight is 273 g/mol. The monoisotopic (exact) mass is 273 g/mol. The number of hydrogen-bond donors (Lipinski definition) is 3. The van der Waals surface area contributed by atoms with Gasteiger partial charge in [-0.3, -0.25) is 4.79 Å². The van der Waals surface area contributed by atoms with Crippen LogP contribution >= 0.6 is 0 Å². The Morgan fingerprint density at radius 3 is 2.61 bits per heavy atom. The molecule has 0 fully saturated rings. The van der Waals surface area contributed by atoms with E-state index in [1.165, 1.54) is 25.3 Å². The van der Waals surface area contributed by atoms with Gasteiger partial charge in [0.1, 0.15) is 10.6 Å². The van der Waals surface area contributed by atoms with Crippen LogP contribution in [0.25, 0.3) is 0 Å². The van der Waals surface area contributed by atoms with Gasteiger partial charge in [-0.1, -0.05) is 0 Å². The summed E-state index contributed by atoms with van der Waals surface area (Å²) in [6, 6.07) is 4.22. The fraction of sp³-hybridized carbons (Fsp3) is 0.300. The van der Waals surface area contributed by atoms with Crippen molar-refractivity contribution in [2.24, 2.45) is 5.73 Å². The molecule has 18 heavy (non-hydrogen) atoms. The van der Waals surface area contributed by atoms with Crippen LogP contribution in [-0.2, 0) is 14.8 Å². The molecule has 0 saturated heterocycles. The highest BCUT2D eigenvalue weighted by molar-refractivity contribution is 7.89.